The highest BCUT2D eigenvalue weighted by Crippen LogP contribution is 2.32. The van der Waals surface area contributed by atoms with Gasteiger partial charge in [-0.2, -0.15) is 0 Å². The Morgan fingerprint density at radius 1 is 1.44 bits per heavy atom. The molecule has 4 heteroatoms. The van der Waals surface area contributed by atoms with E-state index in [4.69, 9.17) is 4.74 Å². The van der Waals surface area contributed by atoms with Gasteiger partial charge in [0.05, 0.1) is 6.61 Å². The van der Waals surface area contributed by atoms with Crippen LogP contribution in [0.3, 0.4) is 0 Å². The first-order valence-electron chi connectivity index (χ1n) is 5.19. The molecule has 1 unspecified atom stereocenters. The van der Waals surface area contributed by atoms with E-state index >= 15 is 0 Å². The third-order valence-corrected chi connectivity index (χ3v) is 2.69. The van der Waals surface area contributed by atoms with Crippen molar-refractivity contribution in [2.24, 2.45) is 0 Å². The minimum absolute atomic E-state index is 0.235. The van der Waals surface area contributed by atoms with Crippen molar-refractivity contribution in [3.63, 3.8) is 0 Å². The normalized spacial score (nSPS) is 22.5. The lowest BCUT2D eigenvalue weighted by Gasteiger charge is -2.20. The molecule has 1 aliphatic heterocycles. The summed E-state index contributed by atoms with van der Waals surface area (Å²) < 4.78 is 4.91. The van der Waals surface area contributed by atoms with Crippen LogP contribution in [0.2, 0.25) is 0 Å². The van der Waals surface area contributed by atoms with Crippen LogP contribution in [0.5, 0.6) is 0 Å². The van der Waals surface area contributed by atoms with Gasteiger partial charge < -0.3 is 10.1 Å². The van der Waals surface area contributed by atoms with E-state index in [1.165, 1.54) is 0 Å². The number of benzene rings is 1. The van der Waals surface area contributed by atoms with E-state index in [0.29, 0.717) is 11.3 Å². The smallest absolute Gasteiger partial charge is 0.339 e. The fraction of sp³-hybridized carbons (Fsp3) is 0.333. The fourth-order valence-corrected chi connectivity index (χ4v) is 1.80. The van der Waals surface area contributed by atoms with E-state index in [-0.39, 0.29) is 12.4 Å². The molecular formula is C12H13NO3. The summed E-state index contributed by atoms with van der Waals surface area (Å²) in [6.45, 7) is 3.53. The second kappa shape index (κ2) is 3.63. The van der Waals surface area contributed by atoms with Gasteiger partial charge in [-0.05, 0) is 26.0 Å². The van der Waals surface area contributed by atoms with Crippen molar-refractivity contribution in [3.8, 4) is 0 Å². The molecule has 0 aromatic heterocycles. The molecule has 1 atom stereocenters. The molecule has 84 valence electrons. The minimum atomic E-state index is -1.28. The molecule has 1 aromatic rings. The van der Waals surface area contributed by atoms with Gasteiger partial charge >= 0.3 is 5.97 Å². The van der Waals surface area contributed by atoms with E-state index < -0.39 is 11.5 Å². The number of ketones is 1. The number of hydrogen-bond acceptors (Lipinski definition) is 4. The van der Waals surface area contributed by atoms with Crippen LogP contribution in [0.1, 0.15) is 24.2 Å². The lowest BCUT2D eigenvalue weighted by molar-refractivity contribution is -0.146. The van der Waals surface area contributed by atoms with Crippen LogP contribution in [0.15, 0.2) is 24.3 Å². The number of fused-ring (bicyclic) bond motifs is 1. The summed E-state index contributed by atoms with van der Waals surface area (Å²) >= 11 is 0. The van der Waals surface area contributed by atoms with Crippen molar-refractivity contribution >= 4 is 17.4 Å². The second-order valence-corrected chi connectivity index (χ2v) is 3.85. The number of rotatable bonds is 2. The molecule has 0 radical (unpaired) electrons. The number of anilines is 1. The molecule has 0 amide bonds. The molecule has 4 nitrogen and oxygen atoms in total. The predicted octanol–water partition coefficient (Wildman–Crippen LogP) is 1.62. The topological polar surface area (TPSA) is 55.4 Å². The number of hydrogen-bond donors (Lipinski definition) is 1. The lowest BCUT2D eigenvalue weighted by Crippen LogP contribution is -2.47. The Morgan fingerprint density at radius 3 is 2.75 bits per heavy atom. The highest BCUT2D eigenvalue weighted by atomic mass is 16.5. The first-order chi connectivity index (χ1) is 7.59. The zero-order chi connectivity index (χ0) is 11.8. The Labute approximate surface area is 93.6 Å². The minimum Gasteiger partial charge on any atom is -0.464 e. The Balaban J connectivity index is 2.37. The molecule has 0 fully saturated rings. The molecule has 1 N–H and O–H groups in total. The third-order valence-electron chi connectivity index (χ3n) is 2.69. The first-order valence-corrected chi connectivity index (χ1v) is 5.19. The maximum absolute atomic E-state index is 12.1. The number of Topliss-reactive ketones (excluding diaryl/α,β-unsaturated/α-hetero) is 1. The average molecular weight is 219 g/mol. The number of esters is 1. The number of para-hydroxylation sites is 1. The first kappa shape index (κ1) is 10.7. The molecule has 2 rings (SSSR count). The van der Waals surface area contributed by atoms with Crippen LogP contribution in [-0.4, -0.2) is 23.9 Å². The third kappa shape index (κ3) is 1.38. The van der Waals surface area contributed by atoms with Gasteiger partial charge in [-0.1, -0.05) is 12.1 Å². The summed E-state index contributed by atoms with van der Waals surface area (Å²) in [7, 11) is 0. The van der Waals surface area contributed by atoms with Crippen molar-refractivity contribution in [2.45, 2.75) is 19.4 Å². The SMILES string of the molecule is CCOC(=O)C1(C)Nc2ccccc2C1=O. The maximum Gasteiger partial charge on any atom is 0.339 e. The van der Waals surface area contributed by atoms with E-state index in [1.54, 1.807) is 32.0 Å². The van der Waals surface area contributed by atoms with Gasteiger partial charge in [-0.15, -0.1) is 0 Å². The van der Waals surface area contributed by atoms with E-state index in [1.807, 2.05) is 6.07 Å². The van der Waals surface area contributed by atoms with Gasteiger partial charge in [0.1, 0.15) is 0 Å². The molecule has 0 bridgehead atoms. The van der Waals surface area contributed by atoms with Crippen molar-refractivity contribution < 1.29 is 14.3 Å². The standard InChI is InChI=1S/C12H13NO3/c1-3-16-11(15)12(2)10(14)8-6-4-5-7-9(8)13-12/h4-7,13H,3H2,1-2H3. The zero-order valence-corrected chi connectivity index (χ0v) is 9.24. The molecule has 0 saturated heterocycles. The second-order valence-electron chi connectivity index (χ2n) is 3.85. The van der Waals surface area contributed by atoms with Gasteiger partial charge in [-0.3, -0.25) is 4.79 Å². The number of carbonyl (C=O) groups excluding carboxylic acids is 2. The molecule has 0 aliphatic carbocycles. The van der Waals surface area contributed by atoms with Crippen LogP contribution in [0, 0.1) is 0 Å². The van der Waals surface area contributed by atoms with Gasteiger partial charge in [0, 0.05) is 11.3 Å². The van der Waals surface area contributed by atoms with E-state index in [2.05, 4.69) is 5.32 Å². The Morgan fingerprint density at radius 2 is 2.12 bits per heavy atom. The Kier molecular flexibility index (Phi) is 2.42. The van der Waals surface area contributed by atoms with Crippen LogP contribution >= 0.6 is 0 Å². The van der Waals surface area contributed by atoms with Crippen LogP contribution in [0.4, 0.5) is 5.69 Å². The van der Waals surface area contributed by atoms with E-state index in [0.717, 1.165) is 0 Å². The van der Waals surface area contributed by atoms with Crippen LogP contribution in [-0.2, 0) is 9.53 Å². The Bertz CT molecular complexity index is 455. The summed E-state index contributed by atoms with van der Waals surface area (Å²) in [5, 5.41) is 2.92. The van der Waals surface area contributed by atoms with Gasteiger partial charge in [0.2, 0.25) is 5.78 Å². The number of nitrogens with one attached hydrogen (secondary N) is 1. The average Bonchev–Trinajstić information content (AvgIpc) is 2.54. The summed E-state index contributed by atoms with van der Waals surface area (Å²) in [4.78, 5) is 23.8. The monoisotopic (exact) mass is 219 g/mol. The number of ether oxygens (including phenoxy) is 1. The zero-order valence-electron chi connectivity index (χ0n) is 9.24. The molecule has 1 aromatic carbocycles. The molecule has 16 heavy (non-hydrogen) atoms. The van der Waals surface area contributed by atoms with Gasteiger partial charge in [0.25, 0.3) is 0 Å². The Hall–Kier alpha value is -1.84. The van der Waals surface area contributed by atoms with Crippen molar-refractivity contribution in [1.82, 2.24) is 0 Å². The summed E-state index contributed by atoms with van der Waals surface area (Å²) in [5.74, 6) is -0.766. The lowest BCUT2D eigenvalue weighted by atomic mass is 9.96. The summed E-state index contributed by atoms with van der Waals surface area (Å²) in [6, 6.07) is 7.07. The van der Waals surface area contributed by atoms with Crippen molar-refractivity contribution in [1.29, 1.82) is 0 Å². The molecular weight excluding hydrogens is 206 g/mol. The van der Waals surface area contributed by atoms with Crippen molar-refractivity contribution in [2.75, 3.05) is 11.9 Å². The highest BCUT2D eigenvalue weighted by molar-refractivity contribution is 6.24. The van der Waals surface area contributed by atoms with Gasteiger partial charge in [-0.25, -0.2) is 4.79 Å². The highest BCUT2D eigenvalue weighted by Gasteiger charge is 2.48. The van der Waals surface area contributed by atoms with Gasteiger partial charge in [0.15, 0.2) is 5.54 Å². The quantitative estimate of drug-likeness (QED) is 0.606. The maximum atomic E-state index is 12.1. The fourth-order valence-electron chi connectivity index (χ4n) is 1.80. The summed E-state index contributed by atoms with van der Waals surface area (Å²) in [5.41, 5.74) is -0.0548. The van der Waals surface area contributed by atoms with E-state index in [9.17, 15) is 9.59 Å². The predicted molar refractivity (Wildman–Crippen MR) is 59.4 cm³/mol. The van der Waals surface area contributed by atoms with Crippen LogP contribution < -0.4 is 5.32 Å². The molecule has 0 saturated carbocycles. The molecule has 1 heterocycles. The van der Waals surface area contributed by atoms with Crippen LogP contribution in [0.25, 0.3) is 0 Å². The largest absolute Gasteiger partial charge is 0.464 e. The molecule has 0 spiro atoms. The summed E-state index contributed by atoms with van der Waals surface area (Å²) in [6.07, 6.45) is 0. The van der Waals surface area contributed by atoms with Crippen molar-refractivity contribution in [3.05, 3.63) is 29.8 Å². The molecule has 1 aliphatic rings. The number of carbonyl (C=O) groups is 2.